The summed E-state index contributed by atoms with van der Waals surface area (Å²) in [6, 6.07) is 2.70. The van der Waals surface area contributed by atoms with Crippen molar-refractivity contribution in [2.45, 2.75) is 0 Å². The minimum atomic E-state index is -0.543. The number of aromatic nitrogens is 2. The van der Waals surface area contributed by atoms with Crippen molar-refractivity contribution in [2.24, 2.45) is 0 Å². The predicted octanol–water partition coefficient (Wildman–Crippen LogP) is 2.17. The molecule has 0 saturated carbocycles. The third kappa shape index (κ3) is 1.19. The maximum absolute atomic E-state index is 12.9. The van der Waals surface area contributed by atoms with Gasteiger partial charge in [0, 0.05) is 0 Å². The fourth-order valence-corrected chi connectivity index (χ4v) is 1.30. The number of aldehydes is 1. The summed E-state index contributed by atoms with van der Waals surface area (Å²) in [6.45, 7) is 0. The van der Waals surface area contributed by atoms with Crippen LogP contribution in [-0.4, -0.2) is 16.3 Å². The summed E-state index contributed by atoms with van der Waals surface area (Å²) in [5.41, 5.74) is 0.831. The monoisotopic (exact) mass is 198 g/mol. The molecule has 0 atom stereocenters. The van der Waals surface area contributed by atoms with Crippen LogP contribution in [-0.2, 0) is 0 Å². The van der Waals surface area contributed by atoms with Crippen molar-refractivity contribution < 1.29 is 9.18 Å². The van der Waals surface area contributed by atoms with Crippen LogP contribution < -0.4 is 0 Å². The van der Waals surface area contributed by atoms with Gasteiger partial charge in [0.25, 0.3) is 0 Å². The molecular formula is C8H4ClFN2O. The highest BCUT2D eigenvalue weighted by Gasteiger charge is 2.09. The molecule has 1 N–H and O–H groups in total. The summed E-state index contributed by atoms with van der Waals surface area (Å²) < 4.78 is 12.9. The number of benzene rings is 1. The van der Waals surface area contributed by atoms with Crippen molar-refractivity contribution >= 4 is 28.9 Å². The van der Waals surface area contributed by atoms with Crippen LogP contribution in [0.4, 0.5) is 4.39 Å². The first-order valence-electron chi connectivity index (χ1n) is 3.51. The Kier molecular flexibility index (Phi) is 1.77. The number of hydrogen-bond acceptors (Lipinski definition) is 2. The molecule has 0 saturated heterocycles. The number of nitrogens with one attached hydrogen (secondary N) is 1. The SMILES string of the molecule is O=Cc1nc2c(Cl)c(F)ccc2[nH]1. The number of fused-ring (bicyclic) bond motifs is 1. The molecule has 0 spiro atoms. The van der Waals surface area contributed by atoms with Gasteiger partial charge in [-0.15, -0.1) is 0 Å². The van der Waals surface area contributed by atoms with E-state index in [4.69, 9.17) is 11.6 Å². The lowest BCUT2D eigenvalue weighted by atomic mass is 10.3. The molecule has 1 aromatic carbocycles. The van der Waals surface area contributed by atoms with E-state index in [0.29, 0.717) is 11.8 Å². The maximum Gasteiger partial charge on any atom is 0.185 e. The van der Waals surface area contributed by atoms with Crippen molar-refractivity contribution in [3.05, 3.63) is 28.8 Å². The summed E-state index contributed by atoms with van der Waals surface area (Å²) in [5, 5.41) is -0.0677. The molecule has 0 amide bonds. The molecule has 5 heteroatoms. The second-order valence-corrected chi connectivity index (χ2v) is 2.88. The summed E-state index contributed by atoms with van der Waals surface area (Å²) in [4.78, 5) is 16.8. The fraction of sp³-hybridized carbons (Fsp3) is 0. The Labute approximate surface area is 77.5 Å². The lowest BCUT2D eigenvalue weighted by Gasteiger charge is -1.92. The molecule has 0 radical (unpaired) electrons. The number of hydrogen-bond donors (Lipinski definition) is 1. The number of carbonyl (C=O) groups excluding carboxylic acids is 1. The van der Waals surface area contributed by atoms with E-state index in [9.17, 15) is 9.18 Å². The summed E-state index contributed by atoms with van der Waals surface area (Å²) in [7, 11) is 0. The number of halogens is 2. The molecule has 0 fully saturated rings. The second-order valence-electron chi connectivity index (χ2n) is 2.50. The lowest BCUT2D eigenvalue weighted by molar-refractivity contribution is 0.111. The van der Waals surface area contributed by atoms with Crippen molar-refractivity contribution in [3.63, 3.8) is 0 Å². The smallest absolute Gasteiger partial charge is 0.185 e. The quantitative estimate of drug-likeness (QED) is 0.714. The fourth-order valence-electron chi connectivity index (χ4n) is 1.09. The molecule has 0 unspecified atom stereocenters. The van der Waals surface area contributed by atoms with Gasteiger partial charge in [-0.3, -0.25) is 4.79 Å². The van der Waals surface area contributed by atoms with Crippen molar-refractivity contribution in [1.29, 1.82) is 0 Å². The highest BCUT2D eigenvalue weighted by molar-refractivity contribution is 6.35. The van der Waals surface area contributed by atoms with Crippen LogP contribution in [0.25, 0.3) is 11.0 Å². The van der Waals surface area contributed by atoms with Gasteiger partial charge in [-0.05, 0) is 12.1 Å². The lowest BCUT2D eigenvalue weighted by Crippen LogP contribution is -1.79. The number of nitrogens with zero attached hydrogens (tertiary/aromatic N) is 1. The average Bonchev–Trinajstić information content (AvgIpc) is 2.55. The van der Waals surface area contributed by atoms with Crippen LogP contribution in [0, 0.1) is 5.82 Å². The highest BCUT2D eigenvalue weighted by atomic mass is 35.5. The van der Waals surface area contributed by atoms with E-state index in [1.54, 1.807) is 0 Å². The van der Waals surface area contributed by atoms with E-state index in [1.165, 1.54) is 12.1 Å². The van der Waals surface area contributed by atoms with E-state index in [0.717, 1.165) is 0 Å². The summed E-state index contributed by atoms with van der Waals surface area (Å²) in [6.07, 6.45) is 0.550. The average molecular weight is 199 g/mol. The maximum atomic E-state index is 12.9. The highest BCUT2D eigenvalue weighted by Crippen LogP contribution is 2.23. The van der Waals surface area contributed by atoms with Crippen molar-refractivity contribution in [2.75, 3.05) is 0 Å². The Morgan fingerprint density at radius 2 is 2.31 bits per heavy atom. The zero-order valence-corrected chi connectivity index (χ0v) is 7.10. The first-order chi connectivity index (χ1) is 6.22. The number of imidazole rings is 1. The van der Waals surface area contributed by atoms with Gasteiger partial charge in [-0.2, -0.15) is 0 Å². The second kappa shape index (κ2) is 2.81. The number of carbonyl (C=O) groups is 1. The molecule has 0 aliphatic heterocycles. The number of rotatable bonds is 1. The van der Waals surface area contributed by atoms with E-state index < -0.39 is 5.82 Å². The van der Waals surface area contributed by atoms with Crippen molar-refractivity contribution in [1.82, 2.24) is 9.97 Å². The first-order valence-corrected chi connectivity index (χ1v) is 3.89. The van der Waals surface area contributed by atoms with Gasteiger partial charge in [-0.1, -0.05) is 11.6 Å². The molecule has 2 rings (SSSR count). The van der Waals surface area contributed by atoms with Crippen LogP contribution in [0.5, 0.6) is 0 Å². The first kappa shape index (κ1) is 8.19. The molecule has 2 aromatic rings. The predicted molar refractivity (Wildman–Crippen MR) is 46.4 cm³/mol. The Balaban J connectivity index is 2.83. The van der Waals surface area contributed by atoms with Gasteiger partial charge < -0.3 is 4.98 Å². The Morgan fingerprint density at radius 3 is 3.00 bits per heavy atom. The summed E-state index contributed by atoms with van der Waals surface area (Å²) >= 11 is 5.62. The van der Waals surface area contributed by atoms with Gasteiger partial charge in [0.05, 0.1) is 5.52 Å². The Hall–Kier alpha value is -1.42. The zero-order valence-electron chi connectivity index (χ0n) is 6.34. The molecule has 13 heavy (non-hydrogen) atoms. The third-order valence-corrected chi connectivity index (χ3v) is 2.04. The Morgan fingerprint density at radius 1 is 1.54 bits per heavy atom. The topological polar surface area (TPSA) is 45.8 Å². The van der Waals surface area contributed by atoms with Crippen LogP contribution in [0.3, 0.4) is 0 Å². The van der Waals surface area contributed by atoms with Crippen LogP contribution in [0.15, 0.2) is 12.1 Å². The van der Waals surface area contributed by atoms with E-state index in [1.807, 2.05) is 0 Å². The molecule has 0 bridgehead atoms. The van der Waals surface area contributed by atoms with Gasteiger partial charge in [0.1, 0.15) is 16.4 Å². The number of H-pyrrole nitrogens is 1. The van der Waals surface area contributed by atoms with Crippen LogP contribution >= 0.6 is 11.6 Å². The van der Waals surface area contributed by atoms with Crippen molar-refractivity contribution in [3.8, 4) is 0 Å². The molecule has 1 heterocycles. The molecule has 1 aromatic heterocycles. The zero-order chi connectivity index (χ0) is 9.42. The van der Waals surface area contributed by atoms with E-state index in [-0.39, 0.29) is 16.4 Å². The number of aromatic amines is 1. The van der Waals surface area contributed by atoms with E-state index in [2.05, 4.69) is 9.97 Å². The minimum absolute atomic E-state index is 0.0677. The van der Waals surface area contributed by atoms with Gasteiger partial charge >= 0.3 is 0 Å². The minimum Gasteiger partial charge on any atom is -0.336 e. The Bertz CT molecular complexity index is 480. The largest absolute Gasteiger partial charge is 0.336 e. The standard InChI is InChI=1S/C8H4ClFN2O/c9-7-4(10)1-2-5-8(7)12-6(3-13)11-5/h1-3H,(H,11,12). The molecular weight excluding hydrogens is 195 g/mol. The summed E-state index contributed by atoms with van der Waals surface area (Å²) in [5.74, 6) is -0.402. The van der Waals surface area contributed by atoms with E-state index >= 15 is 0 Å². The molecule has 0 aliphatic carbocycles. The van der Waals surface area contributed by atoms with Crippen LogP contribution in [0.1, 0.15) is 10.6 Å². The van der Waals surface area contributed by atoms with Gasteiger partial charge in [0.15, 0.2) is 12.1 Å². The van der Waals surface area contributed by atoms with Gasteiger partial charge in [-0.25, -0.2) is 9.37 Å². The normalized spacial score (nSPS) is 10.6. The van der Waals surface area contributed by atoms with Gasteiger partial charge in [0.2, 0.25) is 0 Å². The molecule has 66 valence electrons. The van der Waals surface area contributed by atoms with Crippen LogP contribution in [0.2, 0.25) is 5.02 Å². The third-order valence-electron chi connectivity index (χ3n) is 1.68. The molecule has 0 aliphatic rings. The molecule has 3 nitrogen and oxygen atoms in total.